The molecule has 0 unspecified atom stereocenters. The molecule has 0 aliphatic rings. The average molecular weight is 232 g/mol. The first-order valence-electron chi connectivity index (χ1n) is 6.13. The summed E-state index contributed by atoms with van der Waals surface area (Å²) in [5.41, 5.74) is 1.99. The molecule has 1 aromatic carbocycles. The van der Waals surface area contributed by atoms with E-state index < -0.39 is 0 Å². The lowest BCUT2D eigenvalue weighted by molar-refractivity contribution is -0.117. The maximum absolute atomic E-state index is 11.8. The molecule has 0 aliphatic carbocycles. The Bertz CT molecular complexity index is 388. The molecule has 1 rings (SSSR count). The first kappa shape index (κ1) is 13.6. The minimum atomic E-state index is 0.126. The van der Waals surface area contributed by atoms with Gasteiger partial charge >= 0.3 is 0 Å². The highest BCUT2D eigenvalue weighted by Gasteiger charge is 2.07. The molecule has 0 saturated carbocycles. The Labute approximate surface area is 103 Å². The van der Waals surface area contributed by atoms with Crippen molar-refractivity contribution >= 4 is 11.6 Å². The topological polar surface area (TPSA) is 34.1 Å². The second-order valence-electron chi connectivity index (χ2n) is 4.76. The van der Waals surface area contributed by atoms with Crippen LogP contribution in [0.1, 0.15) is 61.9 Å². The van der Waals surface area contributed by atoms with Crippen LogP contribution in [0.3, 0.4) is 0 Å². The van der Waals surface area contributed by atoms with Crippen molar-refractivity contribution in [1.82, 2.24) is 0 Å². The van der Waals surface area contributed by atoms with E-state index >= 15 is 0 Å². The number of ketones is 2. The van der Waals surface area contributed by atoms with E-state index in [4.69, 9.17) is 0 Å². The molecule has 0 spiro atoms. The molecule has 0 amide bonds. The molecule has 0 heterocycles. The molecule has 0 atom stereocenters. The fourth-order valence-corrected chi connectivity index (χ4v) is 1.70. The van der Waals surface area contributed by atoms with Crippen LogP contribution in [0.25, 0.3) is 0 Å². The number of benzene rings is 1. The molecule has 0 aromatic heterocycles. The van der Waals surface area contributed by atoms with Crippen molar-refractivity contribution in [3.8, 4) is 0 Å². The van der Waals surface area contributed by atoms with Gasteiger partial charge in [0.15, 0.2) is 5.78 Å². The first-order chi connectivity index (χ1) is 8.00. The molecule has 0 bridgehead atoms. The minimum absolute atomic E-state index is 0.126. The van der Waals surface area contributed by atoms with Gasteiger partial charge in [-0.2, -0.15) is 0 Å². The zero-order valence-electron chi connectivity index (χ0n) is 10.8. The molecule has 2 heteroatoms. The van der Waals surface area contributed by atoms with Crippen molar-refractivity contribution in [2.24, 2.45) is 0 Å². The molecule has 0 aliphatic heterocycles. The summed E-state index contributed by atoms with van der Waals surface area (Å²) in [7, 11) is 0. The van der Waals surface area contributed by atoms with Gasteiger partial charge in [0, 0.05) is 18.4 Å². The maximum Gasteiger partial charge on any atom is 0.162 e. The van der Waals surface area contributed by atoms with Gasteiger partial charge in [-0.3, -0.25) is 4.79 Å². The van der Waals surface area contributed by atoms with Crippen LogP contribution in [0.4, 0.5) is 0 Å². The van der Waals surface area contributed by atoms with Crippen molar-refractivity contribution in [3.63, 3.8) is 0 Å². The lowest BCUT2D eigenvalue weighted by atomic mass is 9.99. The summed E-state index contributed by atoms with van der Waals surface area (Å²) in [5, 5.41) is 0. The van der Waals surface area contributed by atoms with Crippen LogP contribution >= 0.6 is 0 Å². The Morgan fingerprint density at radius 3 is 2.12 bits per heavy atom. The summed E-state index contributed by atoms with van der Waals surface area (Å²) in [6.45, 7) is 5.81. The van der Waals surface area contributed by atoms with Gasteiger partial charge in [0.25, 0.3) is 0 Å². The highest BCUT2D eigenvalue weighted by Crippen LogP contribution is 2.16. The Balaban J connectivity index is 2.54. The lowest BCUT2D eigenvalue weighted by Crippen LogP contribution is -2.01. The third-order valence-electron chi connectivity index (χ3n) is 2.83. The van der Waals surface area contributed by atoms with E-state index in [0.29, 0.717) is 25.2 Å². The molecule has 92 valence electrons. The lowest BCUT2D eigenvalue weighted by Gasteiger charge is -2.06. The van der Waals surface area contributed by atoms with E-state index in [1.807, 2.05) is 24.3 Å². The van der Waals surface area contributed by atoms with Crippen LogP contribution in [-0.2, 0) is 4.79 Å². The van der Waals surface area contributed by atoms with Crippen molar-refractivity contribution in [1.29, 1.82) is 0 Å². The van der Waals surface area contributed by atoms with Gasteiger partial charge in [0.05, 0.1) is 0 Å². The van der Waals surface area contributed by atoms with Crippen molar-refractivity contribution in [2.75, 3.05) is 0 Å². The van der Waals surface area contributed by atoms with Gasteiger partial charge in [-0.15, -0.1) is 0 Å². The number of Topliss-reactive ketones (excluding diaryl/α,β-unsaturated/α-hetero) is 2. The Morgan fingerprint density at radius 2 is 1.65 bits per heavy atom. The van der Waals surface area contributed by atoms with Crippen molar-refractivity contribution < 1.29 is 9.59 Å². The molecular formula is C15H20O2. The van der Waals surface area contributed by atoms with E-state index in [0.717, 1.165) is 5.56 Å². The minimum Gasteiger partial charge on any atom is -0.300 e. The summed E-state index contributed by atoms with van der Waals surface area (Å²) in [6.07, 6.45) is 1.61. The summed E-state index contributed by atoms with van der Waals surface area (Å²) >= 11 is 0. The largest absolute Gasteiger partial charge is 0.300 e. The standard InChI is InChI=1S/C15H20O2/c1-11(2)13-7-9-14(10-8-13)15(17)6-4-5-12(3)16/h7-11H,4-6H2,1-3H3. The van der Waals surface area contributed by atoms with Crippen LogP contribution in [0, 0.1) is 0 Å². The first-order valence-corrected chi connectivity index (χ1v) is 6.13. The predicted molar refractivity (Wildman–Crippen MR) is 69.4 cm³/mol. The van der Waals surface area contributed by atoms with Gasteiger partial charge in [-0.25, -0.2) is 0 Å². The zero-order chi connectivity index (χ0) is 12.8. The fourth-order valence-electron chi connectivity index (χ4n) is 1.70. The van der Waals surface area contributed by atoms with E-state index in [9.17, 15) is 9.59 Å². The van der Waals surface area contributed by atoms with Crippen LogP contribution in [0.2, 0.25) is 0 Å². The number of rotatable bonds is 6. The monoisotopic (exact) mass is 232 g/mol. The highest BCUT2D eigenvalue weighted by atomic mass is 16.1. The van der Waals surface area contributed by atoms with E-state index in [1.54, 1.807) is 6.92 Å². The second kappa shape index (κ2) is 6.33. The molecule has 0 radical (unpaired) electrons. The molecular weight excluding hydrogens is 212 g/mol. The quantitative estimate of drug-likeness (QED) is 0.700. The molecule has 17 heavy (non-hydrogen) atoms. The van der Waals surface area contributed by atoms with Gasteiger partial charge < -0.3 is 4.79 Å². The van der Waals surface area contributed by atoms with Gasteiger partial charge in [0.2, 0.25) is 0 Å². The van der Waals surface area contributed by atoms with Crippen LogP contribution in [0.15, 0.2) is 24.3 Å². The molecule has 2 nitrogen and oxygen atoms in total. The Morgan fingerprint density at radius 1 is 1.06 bits per heavy atom. The molecule has 1 aromatic rings. The number of hydrogen-bond acceptors (Lipinski definition) is 2. The maximum atomic E-state index is 11.8. The van der Waals surface area contributed by atoms with E-state index in [2.05, 4.69) is 13.8 Å². The summed E-state index contributed by atoms with van der Waals surface area (Å²) in [4.78, 5) is 22.6. The normalized spacial score (nSPS) is 10.6. The number of hydrogen-bond donors (Lipinski definition) is 0. The van der Waals surface area contributed by atoms with Crippen molar-refractivity contribution in [3.05, 3.63) is 35.4 Å². The summed E-state index contributed by atoms with van der Waals surface area (Å²) in [5.74, 6) is 0.756. The van der Waals surface area contributed by atoms with Gasteiger partial charge in [-0.05, 0) is 24.8 Å². The summed E-state index contributed by atoms with van der Waals surface area (Å²) in [6, 6.07) is 7.77. The number of carbonyl (C=O) groups is 2. The Hall–Kier alpha value is -1.44. The molecule has 0 fully saturated rings. The Kier molecular flexibility index (Phi) is 5.08. The van der Waals surface area contributed by atoms with Crippen LogP contribution in [0.5, 0.6) is 0 Å². The molecule has 0 N–H and O–H groups in total. The third kappa shape index (κ3) is 4.51. The third-order valence-corrected chi connectivity index (χ3v) is 2.83. The van der Waals surface area contributed by atoms with Crippen LogP contribution in [-0.4, -0.2) is 11.6 Å². The van der Waals surface area contributed by atoms with E-state index in [1.165, 1.54) is 5.56 Å². The highest BCUT2D eigenvalue weighted by molar-refractivity contribution is 5.96. The molecule has 0 saturated heterocycles. The zero-order valence-corrected chi connectivity index (χ0v) is 10.8. The van der Waals surface area contributed by atoms with Crippen LogP contribution < -0.4 is 0 Å². The summed E-state index contributed by atoms with van der Waals surface area (Å²) < 4.78 is 0. The second-order valence-corrected chi connectivity index (χ2v) is 4.76. The van der Waals surface area contributed by atoms with Crippen molar-refractivity contribution in [2.45, 2.75) is 46.0 Å². The van der Waals surface area contributed by atoms with Gasteiger partial charge in [0.1, 0.15) is 5.78 Å². The van der Waals surface area contributed by atoms with Gasteiger partial charge in [-0.1, -0.05) is 38.1 Å². The average Bonchev–Trinajstić information content (AvgIpc) is 2.28. The fraction of sp³-hybridized carbons (Fsp3) is 0.467. The van der Waals surface area contributed by atoms with E-state index in [-0.39, 0.29) is 11.6 Å². The smallest absolute Gasteiger partial charge is 0.162 e. The predicted octanol–water partition coefficient (Wildman–Crippen LogP) is 3.75. The number of carbonyl (C=O) groups excluding carboxylic acids is 2. The SMILES string of the molecule is CC(=O)CCCC(=O)c1ccc(C(C)C)cc1.